The molecule has 2 rings (SSSR count). The lowest BCUT2D eigenvalue weighted by molar-refractivity contribution is 0.148. The van der Waals surface area contributed by atoms with E-state index < -0.39 is 6.43 Å². The molecule has 0 saturated heterocycles. The van der Waals surface area contributed by atoms with Crippen LogP contribution in [-0.2, 0) is 5.41 Å². The molecular formula is C13H17F2NO. The predicted molar refractivity (Wildman–Crippen MR) is 62.5 cm³/mol. The van der Waals surface area contributed by atoms with Crippen molar-refractivity contribution in [3.05, 3.63) is 29.3 Å². The van der Waals surface area contributed by atoms with E-state index in [1.54, 1.807) is 12.1 Å². The predicted octanol–water partition coefficient (Wildman–Crippen LogP) is 3.01. The number of rotatable bonds is 4. The Morgan fingerprint density at radius 2 is 2.00 bits per heavy atom. The first-order chi connectivity index (χ1) is 8.03. The molecule has 1 fully saturated rings. The van der Waals surface area contributed by atoms with Crippen LogP contribution < -0.4 is 10.5 Å². The maximum Gasteiger partial charge on any atom is 0.264 e. The van der Waals surface area contributed by atoms with Crippen molar-refractivity contribution in [2.75, 3.05) is 7.11 Å². The van der Waals surface area contributed by atoms with Crippen LogP contribution in [0.15, 0.2) is 18.2 Å². The fraction of sp³-hybridized carbons (Fsp3) is 0.538. The van der Waals surface area contributed by atoms with Crippen LogP contribution in [0.25, 0.3) is 0 Å². The second-order valence-corrected chi connectivity index (χ2v) is 4.67. The van der Waals surface area contributed by atoms with Crippen molar-refractivity contribution >= 4 is 0 Å². The number of benzene rings is 1. The second kappa shape index (κ2) is 4.26. The van der Waals surface area contributed by atoms with Gasteiger partial charge >= 0.3 is 0 Å². The molecule has 2 nitrogen and oxygen atoms in total. The Labute approximate surface area is 99.8 Å². The van der Waals surface area contributed by atoms with Crippen LogP contribution in [0.3, 0.4) is 0 Å². The lowest BCUT2D eigenvalue weighted by Gasteiger charge is -2.25. The van der Waals surface area contributed by atoms with Gasteiger partial charge in [-0.25, -0.2) is 8.78 Å². The maximum absolute atomic E-state index is 13.1. The van der Waals surface area contributed by atoms with Gasteiger partial charge in [0.25, 0.3) is 6.43 Å². The molecule has 1 saturated carbocycles. The van der Waals surface area contributed by atoms with Crippen molar-refractivity contribution in [2.45, 2.75) is 37.6 Å². The summed E-state index contributed by atoms with van der Waals surface area (Å²) in [7, 11) is 1.51. The van der Waals surface area contributed by atoms with Gasteiger partial charge in [-0.2, -0.15) is 0 Å². The fourth-order valence-corrected chi connectivity index (χ4v) is 2.50. The van der Waals surface area contributed by atoms with Crippen LogP contribution in [0, 0.1) is 0 Å². The molecule has 0 radical (unpaired) electrons. The molecule has 2 N–H and O–H groups in total. The van der Waals surface area contributed by atoms with E-state index in [2.05, 4.69) is 0 Å². The highest BCUT2D eigenvalue weighted by molar-refractivity contribution is 5.50. The highest BCUT2D eigenvalue weighted by atomic mass is 19.3. The molecule has 1 aliphatic rings. The van der Waals surface area contributed by atoms with Crippen LogP contribution in [0.5, 0.6) is 5.75 Å². The largest absolute Gasteiger partial charge is 0.496 e. The minimum atomic E-state index is -2.49. The topological polar surface area (TPSA) is 35.2 Å². The molecule has 0 heterocycles. The van der Waals surface area contributed by atoms with Gasteiger partial charge in [0, 0.05) is 22.6 Å². The number of hydrogen-bond donors (Lipinski definition) is 1. The third-order valence-corrected chi connectivity index (χ3v) is 3.67. The quantitative estimate of drug-likeness (QED) is 0.879. The summed E-state index contributed by atoms with van der Waals surface area (Å²) in [5, 5.41) is 0. The number of hydrogen-bond acceptors (Lipinski definition) is 2. The average Bonchev–Trinajstić information content (AvgIpc) is 3.08. The van der Waals surface area contributed by atoms with Gasteiger partial charge in [-0.1, -0.05) is 12.1 Å². The minimum absolute atomic E-state index is 0.0548. The van der Waals surface area contributed by atoms with Gasteiger partial charge in [0.2, 0.25) is 0 Å². The molecule has 0 amide bonds. The molecule has 0 bridgehead atoms. The van der Waals surface area contributed by atoms with Crippen LogP contribution in [0.4, 0.5) is 8.78 Å². The second-order valence-electron chi connectivity index (χ2n) is 4.67. The van der Waals surface area contributed by atoms with Crippen molar-refractivity contribution < 1.29 is 13.5 Å². The van der Waals surface area contributed by atoms with E-state index >= 15 is 0 Å². The van der Waals surface area contributed by atoms with Crippen molar-refractivity contribution in [3.8, 4) is 5.75 Å². The number of alkyl halides is 2. The van der Waals surface area contributed by atoms with Crippen molar-refractivity contribution in [1.29, 1.82) is 0 Å². The van der Waals surface area contributed by atoms with Gasteiger partial charge in [0.1, 0.15) is 5.75 Å². The van der Waals surface area contributed by atoms with E-state index in [-0.39, 0.29) is 17.0 Å². The lowest BCUT2D eigenvalue weighted by Crippen LogP contribution is -2.32. The molecule has 1 aromatic carbocycles. The molecule has 4 heteroatoms. The first-order valence-electron chi connectivity index (χ1n) is 5.74. The standard InChI is InChI=1S/C13H17F2NO/c1-8(16)13(6-7-13)11-9(12(14)15)4-3-5-10(11)17-2/h3-5,8,12H,6-7,16H2,1-2H3. The molecule has 1 unspecified atom stereocenters. The molecule has 1 aliphatic carbocycles. The highest BCUT2D eigenvalue weighted by Crippen LogP contribution is 2.55. The summed E-state index contributed by atoms with van der Waals surface area (Å²) < 4.78 is 31.4. The van der Waals surface area contributed by atoms with Gasteiger partial charge in [0.15, 0.2) is 0 Å². The Balaban J connectivity index is 2.57. The molecule has 0 spiro atoms. The highest BCUT2D eigenvalue weighted by Gasteiger charge is 2.51. The van der Waals surface area contributed by atoms with Crippen LogP contribution in [0.2, 0.25) is 0 Å². The average molecular weight is 241 g/mol. The number of methoxy groups -OCH3 is 1. The summed E-state index contributed by atoms with van der Waals surface area (Å²) in [5.74, 6) is 0.526. The van der Waals surface area contributed by atoms with E-state index in [0.717, 1.165) is 12.8 Å². The summed E-state index contributed by atoms with van der Waals surface area (Å²) in [6.07, 6.45) is -0.786. The van der Waals surface area contributed by atoms with Gasteiger partial charge < -0.3 is 10.5 Å². The zero-order chi connectivity index (χ0) is 12.6. The van der Waals surface area contributed by atoms with E-state index in [9.17, 15) is 8.78 Å². The summed E-state index contributed by atoms with van der Waals surface area (Å²) in [6, 6.07) is 4.65. The fourth-order valence-electron chi connectivity index (χ4n) is 2.50. The first-order valence-corrected chi connectivity index (χ1v) is 5.74. The van der Waals surface area contributed by atoms with Crippen molar-refractivity contribution in [1.82, 2.24) is 0 Å². The van der Waals surface area contributed by atoms with Crippen LogP contribution >= 0.6 is 0 Å². The van der Waals surface area contributed by atoms with Crippen LogP contribution in [0.1, 0.15) is 37.3 Å². The molecular weight excluding hydrogens is 224 g/mol. The number of halogens is 2. The SMILES string of the molecule is COc1cccc(C(F)F)c1C1(C(C)N)CC1. The van der Waals surface area contributed by atoms with Gasteiger partial charge in [-0.15, -0.1) is 0 Å². The van der Waals surface area contributed by atoms with E-state index in [1.807, 2.05) is 6.92 Å². The first kappa shape index (κ1) is 12.3. The molecule has 1 atom stereocenters. The van der Waals surface area contributed by atoms with E-state index in [4.69, 9.17) is 10.5 Å². The Morgan fingerprint density at radius 3 is 2.41 bits per heavy atom. The molecule has 94 valence electrons. The molecule has 0 aliphatic heterocycles. The van der Waals surface area contributed by atoms with Gasteiger partial charge in [0.05, 0.1) is 7.11 Å². The Hall–Kier alpha value is -1.16. The molecule has 17 heavy (non-hydrogen) atoms. The Morgan fingerprint density at radius 1 is 1.35 bits per heavy atom. The summed E-state index contributed by atoms with van der Waals surface area (Å²) in [6.45, 7) is 1.87. The van der Waals surface area contributed by atoms with Gasteiger partial charge in [-0.3, -0.25) is 0 Å². The lowest BCUT2D eigenvalue weighted by atomic mass is 9.85. The zero-order valence-corrected chi connectivity index (χ0v) is 10.0. The normalized spacial score (nSPS) is 19.2. The van der Waals surface area contributed by atoms with Gasteiger partial charge in [-0.05, 0) is 25.8 Å². The van der Waals surface area contributed by atoms with Crippen molar-refractivity contribution in [3.63, 3.8) is 0 Å². The smallest absolute Gasteiger partial charge is 0.264 e. The minimum Gasteiger partial charge on any atom is -0.496 e. The third kappa shape index (κ3) is 1.90. The monoisotopic (exact) mass is 241 g/mol. The molecule has 1 aromatic rings. The molecule has 0 aromatic heterocycles. The maximum atomic E-state index is 13.1. The summed E-state index contributed by atoms with van der Waals surface area (Å²) in [4.78, 5) is 0. The Bertz CT molecular complexity index is 414. The summed E-state index contributed by atoms with van der Waals surface area (Å²) >= 11 is 0. The van der Waals surface area contributed by atoms with Crippen LogP contribution in [-0.4, -0.2) is 13.2 Å². The zero-order valence-electron chi connectivity index (χ0n) is 10.0. The van der Waals surface area contributed by atoms with E-state index in [0.29, 0.717) is 11.3 Å². The van der Waals surface area contributed by atoms with Crippen molar-refractivity contribution in [2.24, 2.45) is 5.73 Å². The number of ether oxygens (including phenoxy) is 1. The number of nitrogens with two attached hydrogens (primary N) is 1. The Kier molecular flexibility index (Phi) is 3.08. The summed E-state index contributed by atoms with van der Waals surface area (Å²) in [5.41, 5.74) is 6.29. The third-order valence-electron chi connectivity index (χ3n) is 3.67. The van der Waals surface area contributed by atoms with E-state index in [1.165, 1.54) is 13.2 Å².